The first-order chi connectivity index (χ1) is 12.6. The molecule has 1 aromatic rings. The third kappa shape index (κ3) is 2.89. The van der Waals surface area contributed by atoms with Crippen LogP contribution in [0, 0.1) is 23.2 Å². The van der Waals surface area contributed by atoms with Crippen LogP contribution in [0.15, 0.2) is 30.3 Å². The Morgan fingerprint density at radius 1 is 1.00 bits per heavy atom. The fraction of sp³-hybridized carbons (Fsp3) is 0.720. The number of hydrogen-bond acceptors (Lipinski definition) is 1. The maximum absolute atomic E-state index is 13.5. The molecule has 0 heterocycles. The SMILES string of the molecule is CC(C)[Si](C[C@H]1C[C@H]2C(=O)[C@]1(C)[C@H](c1ccccc1)[C@H]2C)(C(C)C)C(C)C. The molecule has 1 nitrogen and oxygen atoms in total. The minimum atomic E-state index is -1.51. The summed E-state index contributed by atoms with van der Waals surface area (Å²) in [7, 11) is -1.51. The Labute approximate surface area is 168 Å². The molecule has 2 bridgehead atoms. The van der Waals surface area contributed by atoms with E-state index in [-0.39, 0.29) is 11.3 Å². The zero-order valence-electron chi connectivity index (χ0n) is 18.8. The monoisotopic (exact) mass is 384 g/mol. The van der Waals surface area contributed by atoms with E-state index < -0.39 is 8.07 Å². The lowest BCUT2D eigenvalue weighted by Crippen LogP contribution is -2.49. The van der Waals surface area contributed by atoms with Gasteiger partial charge < -0.3 is 0 Å². The fourth-order valence-electron chi connectivity index (χ4n) is 7.64. The second kappa shape index (κ2) is 7.17. The molecule has 0 unspecified atom stereocenters. The molecule has 0 amide bonds. The van der Waals surface area contributed by atoms with E-state index in [4.69, 9.17) is 0 Å². The minimum absolute atomic E-state index is 0.164. The van der Waals surface area contributed by atoms with Crippen molar-refractivity contribution >= 4 is 13.9 Å². The first-order valence-corrected chi connectivity index (χ1v) is 13.6. The zero-order chi connectivity index (χ0) is 20.1. The number of carbonyl (C=O) groups is 1. The van der Waals surface area contributed by atoms with Crippen LogP contribution in [-0.2, 0) is 4.79 Å². The molecule has 2 aliphatic rings. The first-order valence-electron chi connectivity index (χ1n) is 11.2. The van der Waals surface area contributed by atoms with Crippen molar-refractivity contribution in [2.45, 2.75) is 90.4 Å². The number of carbonyl (C=O) groups excluding carboxylic acids is 1. The summed E-state index contributed by atoms with van der Waals surface area (Å²) in [5.74, 6) is 2.30. The standard InChI is InChI=1S/C25H40OSi/c1-16(2)27(17(3)4,18(5)6)15-21-14-22-19(7)23(25(21,8)24(22)26)20-12-10-9-11-13-20/h9-13,16-19,21-23H,14-15H2,1-8H3/t19-,21+,22+,23-,25-/m0/s1. The Morgan fingerprint density at radius 2 is 1.52 bits per heavy atom. The van der Waals surface area contributed by atoms with Crippen molar-refractivity contribution in [1.29, 1.82) is 0 Å². The van der Waals surface area contributed by atoms with Crippen LogP contribution in [0.4, 0.5) is 0 Å². The highest BCUT2D eigenvalue weighted by molar-refractivity contribution is 6.83. The average Bonchev–Trinajstić information content (AvgIpc) is 2.94. The van der Waals surface area contributed by atoms with Gasteiger partial charge >= 0.3 is 0 Å². The van der Waals surface area contributed by atoms with Gasteiger partial charge in [0.05, 0.1) is 8.07 Å². The van der Waals surface area contributed by atoms with Gasteiger partial charge in [0.15, 0.2) is 0 Å². The molecule has 0 spiro atoms. The van der Waals surface area contributed by atoms with Crippen LogP contribution < -0.4 is 0 Å². The van der Waals surface area contributed by atoms with Crippen molar-refractivity contribution in [2.24, 2.45) is 23.2 Å². The Kier molecular flexibility index (Phi) is 5.53. The van der Waals surface area contributed by atoms with Gasteiger partial charge in [-0.3, -0.25) is 4.79 Å². The van der Waals surface area contributed by atoms with Gasteiger partial charge in [0, 0.05) is 11.3 Å². The number of ketones is 1. The molecular weight excluding hydrogens is 344 g/mol. The van der Waals surface area contributed by atoms with E-state index in [2.05, 4.69) is 85.7 Å². The highest BCUT2D eigenvalue weighted by Gasteiger charge is 2.66. The molecule has 2 heteroatoms. The summed E-state index contributed by atoms with van der Waals surface area (Å²) in [5, 5.41) is 0. The van der Waals surface area contributed by atoms with E-state index in [9.17, 15) is 4.79 Å². The Morgan fingerprint density at radius 3 is 1.96 bits per heavy atom. The number of benzene rings is 1. The molecule has 2 fully saturated rings. The predicted molar refractivity (Wildman–Crippen MR) is 119 cm³/mol. The largest absolute Gasteiger partial charge is 0.299 e. The van der Waals surface area contributed by atoms with E-state index in [1.54, 1.807) is 0 Å². The molecule has 0 saturated heterocycles. The topological polar surface area (TPSA) is 17.1 Å². The zero-order valence-corrected chi connectivity index (χ0v) is 19.8. The highest BCUT2D eigenvalue weighted by atomic mass is 28.3. The summed E-state index contributed by atoms with van der Waals surface area (Å²) in [6.07, 6.45) is 1.14. The second-order valence-electron chi connectivity index (χ2n) is 10.7. The number of rotatable bonds is 6. The van der Waals surface area contributed by atoms with Crippen LogP contribution in [0.2, 0.25) is 22.7 Å². The van der Waals surface area contributed by atoms with E-state index >= 15 is 0 Å². The molecule has 1 aromatic carbocycles. The number of fused-ring (bicyclic) bond motifs is 2. The lowest BCUT2D eigenvalue weighted by atomic mass is 9.64. The molecule has 0 radical (unpaired) electrons. The third-order valence-electron chi connectivity index (χ3n) is 9.04. The van der Waals surface area contributed by atoms with E-state index in [1.807, 2.05) is 0 Å². The first kappa shape index (κ1) is 20.8. The van der Waals surface area contributed by atoms with Gasteiger partial charge in [-0.1, -0.05) is 108 Å². The van der Waals surface area contributed by atoms with Crippen molar-refractivity contribution in [2.75, 3.05) is 0 Å². The molecule has 150 valence electrons. The normalized spacial score (nSPS) is 33.7. The quantitative estimate of drug-likeness (QED) is 0.470. The minimum Gasteiger partial charge on any atom is -0.299 e. The molecule has 0 aliphatic heterocycles. The van der Waals surface area contributed by atoms with Gasteiger partial charge in [-0.25, -0.2) is 0 Å². The van der Waals surface area contributed by atoms with E-state index in [1.165, 1.54) is 11.6 Å². The molecule has 5 atom stereocenters. The molecular formula is C25H40OSi. The van der Waals surface area contributed by atoms with Crippen LogP contribution in [0.3, 0.4) is 0 Å². The predicted octanol–water partition coefficient (Wildman–Crippen LogP) is 7.31. The van der Waals surface area contributed by atoms with Crippen LogP contribution >= 0.6 is 0 Å². The van der Waals surface area contributed by atoms with Crippen molar-refractivity contribution in [1.82, 2.24) is 0 Å². The van der Waals surface area contributed by atoms with Crippen LogP contribution in [-0.4, -0.2) is 13.9 Å². The summed E-state index contributed by atoms with van der Waals surface area (Å²) < 4.78 is 0. The van der Waals surface area contributed by atoms with Crippen LogP contribution in [0.25, 0.3) is 0 Å². The lowest BCUT2D eigenvalue weighted by Gasteiger charge is -2.49. The van der Waals surface area contributed by atoms with Crippen molar-refractivity contribution in [3.05, 3.63) is 35.9 Å². The van der Waals surface area contributed by atoms with Crippen LogP contribution in [0.1, 0.15) is 73.3 Å². The second-order valence-corrected chi connectivity index (χ2v) is 16.8. The number of Topliss-reactive ketones (excluding diaryl/α,β-unsaturated/α-hetero) is 1. The van der Waals surface area contributed by atoms with Gasteiger partial charge in [0.2, 0.25) is 0 Å². The summed E-state index contributed by atoms with van der Waals surface area (Å²) in [6, 6.07) is 12.2. The summed E-state index contributed by atoms with van der Waals surface area (Å²) >= 11 is 0. The van der Waals surface area contributed by atoms with Crippen molar-refractivity contribution in [3.8, 4) is 0 Å². The molecule has 3 rings (SSSR count). The smallest absolute Gasteiger partial charge is 0.143 e. The summed E-state index contributed by atoms with van der Waals surface area (Å²) in [6.45, 7) is 19.4. The molecule has 27 heavy (non-hydrogen) atoms. The van der Waals surface area contributed by atoms with Gasteiger partial charge in [0.1, 0.15) is 5.78 Å². The fourth-order valence-corrected chi connectivity index (χ4v) is 14.5. The van der Waals surface area contributed by atoms with Gasteiger partial charge in [0.25, 0.3) is 0 Å². The lowest BCUT2D eigenvalue weighted by molar-refractivity contribution is -0.126. The highest BCUT2D eigenvalue weighted by Crippen LogP contribution is 2.67. The third-order valence-corrected chi connectivity index (χ3v) is 16.7. The molecule has 0 N–H and O–H groups in total. The molecule has 0 aromatic heterocycles. The maximum Gasteiger partial charge on any atom is 0.143 e. The Hall–Kier alpha value is -0.893. The van der Waals surface area contributed by atoms with Crippen LogP contribution in [0.5, 0.6) is 0 Å². The van der Waals surface area contributed by atoms with Gasteiger partial charge in [-0.2, -0.15) is 0 Å². The molecule has 2 saturated carbocycles. The van der Waals surface area contributed by atoms with E-state index in [0.29, 0.717) is 23.5 Å². The van der Waals surface area contributed by atoms with Gasteiger partial charge in [-0.05, 0) is 29.7 Å². The Balaban J connectivity index is 2.02. The Bertz CT molecular complexity index is 655. The van der Waals surface area contributed by atoms with E-state index in [0.717, 1.165) is 23.0 Å². The maximum atomic E-state index is 13.5. The number of hydrogen-bond donors (Lipinski definition) is 0. The average molecular weight is 385 g/mol. The molecule has 2 aliphatic carbocycles. The van der Waals surface area contributed by atoms with Gasteiger partial charge in [-0.15, -0.1) is 0 Å². The van der Waals surface area contributed by atoms with Crippen molar-refractivity contribution in [3.63, 3.8) is 0 Å². The summed E-state index contributed by atoms with van der Waals surface area (Å²) in [4.78, 5) is 13.5. The van der Waals surface area contributed by atoms with Crippen molar-refractivity contribution < 1.29 is 4.79 Å². The summed E-state index contributed by atoms with van der Waals surface area (Å²) in [5.41, 5.74) is 3.52.